The lowest BCUT2D eigenvalue weighted by molar-refractivity contribution is -0.138. The Kier molecular flexibility index (Phi) is 9.05. The number of nitrogens with one attached hydrogen (secondary N) is 1. The zero-order valence-electron chi connectivity index (χ0n) is 17.4. The Hall–Kier alpha value is -1.98. The van der Waals surface area contributed by atoms with E-state index in [-0.39, 0.29) is 17.9 Å². The van der Waals surface area contributed by atoms with Crippen LogP contribution in [0.3, 0.4) is 0 Å². The van der Waals surface area contributed by atoms with Gasteiger partial charge in [-0.25, -0.2) is 0 Å². The largest absolute Gasteiger partial charge is 0.352 e. The second-order valence-electron chi connectivity index (χ2n) is 7.41. The van der Waals surface area contributed by atoms with Crippen LogP contribution in [0.15, 0.2) is 48.5 Å². The van der Waals surface area contributed by atoms with Gasteiger partial charge in [-0.3, -0.25) is 9.59 Å². The average Bonchev–Trinajstić information content (AvgIpc) is 2.68. The standard InChI is InChI=1S/C23H29ClN2O2S/c1-16(2)25-23(28)18(4)26(13-19-9-11-21(24)12-10-19)22(27)15-29-14-20-8-6-5-7-17(20)3/h5-12,16,18H,13-15H2,1-4H3,(H,25,28)/t18-/m1/s1. The van der Waals surface area contributed by atoms with Gasteiger partial charge in [-0.2, -0.15) is 0 Å². The van der Waals surface area contributed by atoms with E-state index in [0.717, 1.165) is 11.3 Å². The summed E-state index contributed by atoms with van der Waals surface area (Å²) in [5.74, 6) is 0.886. The summed E-state index contributed by atoms with van der Waals surface area (Å²) in [6.45, 7) is 8.04. The van der Waals surface area contributed by atoms with E-state index >= 15 is 0 Å². The van der Waals surface area contributed by atoms with Crippen LogP contribution in [0.2, 0.25) is 5.02 Å². The van der Waals surface area contributed by atoms with Gasteiger partial charge >= 0.3 is 0 Å². The van der Waals surface area contributed by atoms with Crippen LogP contribution in [0.5, 0.6) is 0 Å². The molecule has 2 aromatic carbocycles. The van der Waals surface area contributed by atoms with Gasteiger partial charge in [-0.1, -0.05) is 48.0 Å². The van der Waals surface area contributed by atoms with Crippen molar-refractivity contribution in [2.45, 2.75) is 52.1 Å². The average molecular weight is 433 g/mol. The molecule has 156 valence electrons. The third-order valence-corrected chi connectivity index (χ3v) is 5.83. The van der Waals surface area contributed by atoms with Crippen molar-refractivity contribution in [1.29, 1.82) is 0 Å². The van der Waals surface area contributed by atoms with Gasteiger partial charge in [0.1, 0.15) is 6.04 Å². The van der Waals surface area contributed by atoms with E-state index in [9.17, 15) is 9.59 Å². The highest BCUT2D eigenvalue weighted by atomic mass is 35.5. The van der Waals surface area contributed by atoms with Gasteiger partial charge in [-0.15, -0.1) is 11.8 Å². The summed E-state index contributed by atoms with van der Waals surface area (Å²) in [7, 11) is 0. The minimum Gasteiger partial charge on any atom is -0.352 e. The van der Waals surface area contributed by atoms with Crippen molar-refractivity contribution in [2.75, 3.05) is 5.75 Å². The Morgan fingerprint density at radius 1 is 1.07 bits per heavy atom. The highest BCUT2D eigenvalue weighted by molar-refractivity contribution is 7.99. The summed E-state index contributed by atoms with van der Waals surface area (Å²) >= 11 is 7.54. The molecule has 0 saturated heterocycles. The van der Waals surface area contributed by atoms with Crippen LogP contribution in [-0.2, 0) is 21.9 Å². The first kappa shape index (κ1) is 23.3. The highest BCUT2D eigenvalue weighted by Crippen LogP contribution is 2.19. The number of amides is 2. The van der Waals surface area contributed by atoms with Crippen LogP contribution in [0.4, 0.5) is 0 Å². The van der Waals surface area contributed by atoms with Gasteiger partial charge in [0, 0.05) is 23.4 Å². The lowest BCUT2D eigenvalue weighted by Crippen LogP contribution is -2.49. The minimum atomic E-state index is -0.556. The number of carbonyl (C=O) groups excluding carboxylic acids is 2. The van der Waals surface area contributed by atoms with E-state index in [1.807, 2.05) is 38.1 Å². The van der Waals surface area contributed by atoms with Crippen molar-refractivity contribution in [3.05, 3.63) is 70.2 Å². The number of halogens is 1. The maximum absolute atomic E-state index is 13.0. The number of aryl methyl sites for hydroxylation is 1. The molecule has 2 rings (SSSR count). The van der Waals surface area contributed by atoms with Gasteiger partial charge < -0.3 is 10.2 Å². The van der Waals surface area contributed by atoms with Gasteiger partial charge in [0.25, 0.3) is 0 Å². The van der Waals surface area contributed by atoms with Gasteiger partial charge in [-0.05, 0) is 56.5 Å². The summed E-state index contributed by atoms with van der Waals surface area (Å²) in [6.07, 6.45) is 0. The minimum absolute atomic E-state index is 0.0212. The molecule has 0 aliphatic carbocycles. The maximum Gasteiger partial charge on any atom is 0.242 e. The zero-order valence-corrected chi connectivity index (χ0v) is 19.0. The van der Waals surface area contributed by atoms with Gasteiger partial charge in [0.05, 0.1) is 5.75 Å². The van der Waals surface area contributed by atoms with Crippen molar-refractivity contribution < 1.29 is 9.59 Å². The van der Waals surface area contributed by atoms with Crippen molar-refractivity contribution in [1.82, 2.24) is 10.2 Å². The molecular formula is C23H29ClN2O2S. The number of thioether (sulfide) groups is 1. The smallest absolute Gasteiger partial charge is 0.242 e. The second-order valence-corrected chi connectivity index (χ2v) is 8.83. The van der Waals surface area contributed by atoms with Crippen LogP contribution in [-0.4, -0.2) is 34.6 Å². The maximum atomic E-state index is 13.0. The summed E-state index contributed by atoms with van der Waals surface area (Å²) in [6, 6.07) is 15.0. The van der Waals surface area contributed by atoms with Crippen LogP contribution in [0.25, 0.3) is 0 Å². The molecule has 6 heteroatoms. The quantitative estimate of drug-likeness (QED) is 0.617. The van der Waals surface area contributed by atoms with E-state index in [1.165, 1.54) is 11.1 Å². The number of hydrogen-bond acceptors (Lipinski definition) is 3. The molecule has 0 bridgehead atoms. The number of rotatable bonds is 9. The fourth-order valence-electron chi connectivity index (χ4n) is 2.88. The van der Waals surface area contributed by atoms with Crippen molar-refractivity contribution in [3.8, 4) is 0 Å². The van der Waals surface area contributed by atoms with E-state index < -0.39 is 6.04 Å². The summed E-state index contributed by atoms with van der Waals surface area (Å²) in [5.41, 5.74) is 3.38. The molecule has 0 radical (unpaired) electrons. The molecule has 0 heterocycles. The number of hydrogen-bond donors (Lipinski definition) is 1. The van der Waals surface area contributed by atoms with Crippen molar-refractivity contribution in [2.24, 2.45) is 0 Å². The molecule has 0 spiro atoms. The topological polar surface area (TPSA) is 49.4 Å². The fourth-order valence-corrected chi connectivity index (χ4v) is 3.99. The lowest BCUT2D eigenvalue weighted by atomic mass is 10.1. The summed E-state index contributed by atoms with van der Waals surface area (Å²) in [5, 5.41) is 3.55. The molecule has 0 aromatic heterocycles. The monoisotopic (exact) mass is 432 g/mol. The van der Waals surface area contributed by atoms with Crippen LogP contribution in [0.1, 0.15) is 37.5 Å². The molecular weight excluding hydrogens is 404 g/mol. The molecule has 29 heavy (non-hydrogen) atoms. The molecule has 0 saturated carbocycles. The SMILES string of the molecule is Cc1ccccc1CSCC(=O)N(Cc1ccc(Cl)cc1)[C@H](C)C(=O)NC(C)C. The zero-order chi connectivity index (χ0) is 21.4. The molecule has 4 nitrogen and oxygen atoms in total. The van der Waals surface area contributed by atoms with E-state index in [1.54, 1.807) is 35.7 Å². The van der Waals surface area contributed by atoms with E-state index in [2.05, 4.69) is 24.4 Å². The van der Waals surface area contributed by atoms with Gasteiger partial charge in [0.15, 0.2) is 0 Å². The normalized spacial score (nSPS) is 11.9. The Morgan fingerprint density at radius 3 is 2.34 bits per heavy atom. The third kappa shape index (κ3) is 7.41. The van der Waals surface area contributed by atoms with Crippen molar-refractivity contribution >= 4 is 35.2 Å². The first-order valence-electron chi connectivity index (χ1n) is 9.74. The number of nitrogens with zero attached hydrogens (tertiary/aromatic N) is 1. The second kappa shape index (κ2) is 11.3. The van der Waals surface area contributed by atoms with Crippen LogP contribution < -0.4 is 5.32 Å². The van der Waals surface area contributed by atoms with Crippen LogP contribution in [0, 0.1) is 6.92 Å². The van der Waals surface area contributed by atoms with Gasteiger partial charge in [0.2, 0.25) is 11.8 Å². The van der Waals surface area contributed by atoms with E-state index in [0.29, 0.717) is 17.3 Å². The van der Waals surface area contributed by atoms with Crippen LogP contribution >= 0.6 is 23.4 Å². The number of benzene rings is 2. The highest BCUT2D eigenvalue weighted by Gasteiger charge is 2.26. The third-order valence-electron chi connectivity index (χ3n) is 4.61. The summed E-state index contributed by atoms with van der Waals surface area (Å²) in [4.78, 5) is 27.2. The molecule has 2 amide bonds. The van der Waals surface area contributed by atoms with E-state index in [4.69, 9.17) is 11.6 Å². The molecule has 0 unspecified atom stereocenters. The predicted molar refractivity (Wildman–Crippen MR) is 122 cm³/mol. The molecule has 0 aliphatic rings. The molecule has 0 fully saturated rings. The Morgan fingerprint density at radius 2 is 1.72 bits per heavy atom. The number of carbonyl (C=O) groups is 2. The Bertz CT molecular complexity index is 824. The predicted octanol–water partition coefficient (Wildman–Crippen LogP) is 4.82. The fraction of sp³-hybridized carbons (Fsp3) is 0.391. The Balaban J connectivity index is 2.07. The first-order chi connectivity index (χ1) is 13.8. The molecule has 2 aromatic rings. The lowest BCUT2D eigenvalue weighted by Gasteiger charge is -2.29. The Labute approximate surface area is 183 Å². The molecule has 0 aliphatic heterocycles. The summed E-state index contributed by atoms with van der Waals surface area (Å²) < 4.78 is 0. The molecule has 1 N–H and O–H groups in total. The molecule has 1 atom stereocenters. The first-order valence-corrected chi connectivity index (χ1v) is 11.3. The van der Waals surface area contributed by atoms with Crippen molar-refractivity contribution in [3.63, 3.8) is 0 Å².